The maximum absolute atomic E-state index is 6.14. The third kappa shape index (κ3) is 4.39. The molecule has 0 saturated heterocycles. The van der Waals surface area contributed by atoms with Crippen molar-refractivity contribution in [1.29, 1.82) is 0 Å². The van der Waals surface area contributed by atoms with E-state index in [1.807, 2.05) is 6.92 Å². The second-order valence-corrected chi connectivity index (χ2v) is 4.91. The summed E-state index contributed by atoms with van der Waals surface area (Å²) < 4.78 is 5.77. The van der Waals surface area contributed by atoms with Crippen LogP contribution in [0.15, 0.2) is 10.7 Å². The van der Waals surface area contributed by atoms with Crippen LogP contribution in [0.1, 0.15) is 5.56 Å². The molecule has 2 N–H and O–H groups in total. The van der Waals surface area contributed by atoms with Crippen LogP contribution in [0, 0.1) is 6.92 Å². The Labute approximate surface area is 119 Å². The zero-order valence-corrected chi connectivity index (χ0v) is 12.7. The summed E-state index contributed by atoms with van der Waals surface area (Å²) in [6.07, 6.45) is 1.68. The van der Waals surface area contributed by atoms with Gasteiger partial charge in [-0.05, 0) is 40.6 Å². The van der Waals surface area contributed by atoms with E-state index in [4.69, 9.17) is 28.6 Å². The zero-order valence-electron chi connectivity index (χ0n) is 9.51. The summed E-state index contributed by atoms with van der Waals surface area (Å²) in [4.78, 5) is 4.16. The lowest BCUT2D eigenvalue weighted by Crippen LogP contribution is -2.31. The highest BCUT2D eigenvalue weighted by atomic mass is 79.9. The summed E-state index contributed by atoms with van der Waals surface area (Å²) in [5.41, 5.74) is 0.920. The fourth-order valence-corrected chi connectivity index (χ4v) is 1.87. The van der Waals surface area contributed by atoms with Crippen molar-refractivity contribution in [1.82, 2.24) is 10.3 Å². The summed E-state index contributed by atoms with van der Waals surface area (Å²) in [5, 5.41) is 6.94. The van der Waals surface area contributed by atoms with Gasteiger partial charge in [-0.3, -0.25) is 0 Å². The number of hydrogen-bond donors (Lipinski definition) is 2. The van der Waals surface area contributed by atoms with Gasteiger partial charge in [0.2, 0.25) is 0 Å². The molecule has 94 valence electrons. The van der Waals surface area contributed by atoms with Gasteiger partial charge < -0.3 is 15.4 Å². The Hall–Kier alpha value is -0.430. The number of pyridine rings is 1. The Balaban J connectivity index is 2.63. The Morgan fingerprint density at radius 2 is 2.35 bits per heavy atom. The summed E-state index contributed by atoms with van der Waals surface area (Å²) in [6, 6.07) is 0. The Bertz CT molecular complexity index is 417. The number of halogens is 2. The van der Waals surface area contributed by atoms with E-state index in [9.17, 15) is 0 Å². The van der Waals surface area contributed by atoms with Gasteiger partial charge in [-0.15, -0.1) is 0 Å². The molecule has 0 aromatic carbocycles. The van der Waals surface area contributed by atoms with Crippen LogP contribution in [0.25, 0.3) is 0 Å². The minimum absolute atomic E-state index is 0.471. The van der Waals surface area contributed by atoms with E-state index in [1.165, 1.54) is 0 Å². The average Bonchev–Trinajstić information content (AvgIpc) is 2.30. The van der Waals surface area contributed by atoms with Gasteiger partial charge in [-0.2, -0.15) is 0 Å². The van der Waals surface area contributed by atoms with E-state index < -0.39 is 0 Å². The second-order valence-electron chi connectivity index (χ2n) is 3.27. The summed E-state index contributed by atoms with van der Waals surface area (Å²) in [7, 11) is 1.63. The van der Waals surface area contributed by atoms with Gasteiger partial charge in [0.25, 0.3) is 0 Å². The molecule has 0 aliphatic heterocycles. The van der Waals surface area contributed by atoms with Crippen LogP contribution in [0.2, 0.25) is 5.02 Å². The van der Waals surface area contributed by atoms with Crippen molar-refractivity contribution >= 4 is 50.7 Å². The largest absolute Gasteiger partial charge is 0.383 e. The molecule has 0 unspecified atom stereocenters. The molecule has 17 heavy (non-hydrogen) atoms. The number of methoxy groups -OCH3 is 1. The second kappa shape index (κ2) is 7.10. The molecule has 0 amide bonds. The number of thiocarbonyl (C=S) groups is 1. The Kier molecular flexibility index (Phi) is 6.11. The smallest absolute Gasteiger partial charge is 0.172 e. The van der Waals surface area contributed by atoms with Crippen LogP contribution >= 0.6 is 39.7 Å². The third-order valence-electron chi connectivity index (χ3n) is 2.03. The number of anilines is 1. The average molecular weight is 339 g/mol. The topological polar surface area (TPSA) is 46.2 Å². The van der Waals surface area contributed by atoms with Crippen LogP contribution in [0.4, 0.5) is 5.82 Å². The minimum atomic E-state index is 0.471. The van der Waals surface area contributed by atoms with Gasteiger partial charge in [0.1, 0.15) is 0 Å². The lowest BCUT2D eigenvalue weighted by Gasteiger charge is -2.12. The summed E-state index contributed by atoms with van der Waals surface area (Å²) >= 11 is 14.6. The molecule has 0 spiro atoms. The first-order valence-electron chi connectivity index (χ1n) is 4.90. The molecule has 0 aliphatic rings. The van der Waals surface area contributed by atoms with E-state index in [2.05, 4.69) is 31.5 Å². The van der Waals surface area contributed by atoms with Crippen LogP contribution in [0.3, 0.4) is 0 Å². The number of nitrogens with zero attached hydrogens (tertiary/aromatic N) is 1. The maximum atomic E-state index is 6.14. The quantitative estimate of drug-likeness (QED) is 0.653. The first-order valence-corrected chi connectivity index (χ1v) is 6.48. The zero-order chi connectivity index (χ0) is 12.8. The van der Waals surface area contributed by atoms with E-state index in [0.717, 1.165) is 10.0 Å². The van der Waals surface area contributed by atoms with Crippen molar-refractivity contribution in [3.63, 3.8) is 0 Å². The molecule has 0 saturated carbocycles. The number of nitrogens with one attached hydrogen (secondary N) is 2. The first kappa shape index (κ1) is 14.6. The molecule has 0 atom stereocenters. The fourth-order valence-electron chi connectivity index (χ4n) is 1.06. The minimum Gasteiger partial charge on any atom is -0.383 e. The lowest BCUT2D eigenvalue weighted by atomic mass is 10.3. The van der Waals surface area contributed by atoms with Gasteiger partial charge in [0, 0.05) is 24.3 Å². The van der Waals surface area contributed by atoms with Crippen molar-refractivity contribution in [2.24, 2.45) is 0 Å². The van der Waals surface area contributed by atoms with Crippen molar-refractivity contribution in [3.05, 3.63) is 21.3 Å². The molecule has 0 bridgehead atoms. The number of hydrogen-bond acceptors (Lipinski definition) is 3. The highest BCUT2D eigenvalue weighted by Gasteiger charge is 2.09. The SMILES string of the molecule is COCCNC(=S)Nc1ncc(Br)c(C)c1Cl. The van der Waals surface area contributed by atoms with Crippen LogP contribution < -0.4 is 10.6 Å². The number of ether oxygens (including phenoxy) is 1. The molecule has 4 nitrogen and oxygen atoms in total. The summed E-state index contributed by atoms with van der Waals surface area (Å²) in [6.45, 7) is 3.12. The monoisotopic (exact) mass is 337 g/mol. The molecule has 7 heteroatoms. The summed E-state index contributed by atoms with van der Waals surface area (Å²) in [5.74, 6) is 0.544. The molecule has 1 aromatic rings. The fraction of sp³-hybridized carbons (Fsp3) is 0.400. The highest BCUT2D eigenvalue weighted by Crippen LogP contribution is 2.28. The number of rotatable bonds is 4. The number of aromatic nitrogens is 1. The lowest BCUT2D eigenvalue weighted by molar-refractivity contribution is 0.204. The normalized spacial score (nSPS) is 10.1. The van der Waals surface area contributed by atoms with E-state index >= 15 is 0 Å². The molecule has 0 radical (unpaired) electrons. The van der Waals surface area contributed by atoms with Crippen LogP contribution in [-0.2, 0) is 4.74 Å². The predicted octanol–water partition coefficient (Wildman–Crippen LogP) is 2.74. The van der Waals surface area contributed by atoms with E-state index in [-0.39, 0.29) is 0 Å². The van der Waals surface area contributed by atoms with Crippen molar-refractivity contribution in [3.8, 4) is 0 Å². The van der Waals surface area contributed by atoms with Gasteiger partial charge >= 0.3 is 0 Å². The van der Waals surface area contributed by atoms with E-state index in [1.54, 1.807) is 13.3 Å². The van der Waals surface area contributed by atoms with Crippen LogP contribution in [0.5, 0.6) is 0 Å². The molecule has 1 heterocycles. The standard InChI is InChI=1S/C10H13BrClN3OS/c1-6-7(11)5-14-9(8(6)12)15-10(17)13-3-4-16-2/h5H,3-4H2,1-2H3,(H2,13,14,15,17). The van der Waals surface area contributed by atoms with Crippen molar-refractivity contribution < 1.29 is 4.74 Å². The van der Waals surface area contributed by atoms with Crippen LogP contribution in [-0.4, -0.2) is 30.4 Å². The molecule has 0 fully saturated rings. The molecule has 1 rings (SSSR count). The van der Waals surface area contributed by atoms with Gasteiger partial charge in [-0.1, -0.05) is 11.6 Å². The Morgan fingerprint density at radius 3 is 3.00 bits per heavy atom. The third-order valence-corrected chi connectivity index (χ3v) is 3.53. The van der Waals surface area contributed by atoms with E-state index in [0.29, 0.717) is 29.1 Å². The maximum Gasteiger partial charge on any atom is 0.172 e. The van der Waals surface area contributed by atoms with Crippen molar-refractivity contribution in [2.75, 3.05) is 25.6 Å². The van der Waals surface area contributed by atoms with Gasteiger partial charge in [-0.25, -0.2) is 4.98 Å². The van der Waals surface area contributed by atoms with Gasteiger partial charge in [0.15, 0.2) is 10.9 Å². The Morgan fingerprint density at radius 1 is 1.65 bits per heavy atom. The van der Waals surface area contributed by atoms with Crippen molar-refractivity contribution in [2.45, 2.75) is 6.92 Å². The first-order chi connectivity index (χ1) is 8.06. The molecular formula is C10H13BrClN3OS. The molecule has 1 aromatic heterocycles. The molecule has 0 aliphatic carbocycles. The predicted molar refractivity (Wildman–Crippen MR) is 77.8 cm³/mol. The highest BCUT2D eigenvalue weighted by molar-refractivity contribution is 9.10. The van der Waals surface area contributed by atoms with Gasteiger partial charge in [0.05, 0.1) is 11.6 Å². The molecular weight excluding hydrogens is 326 g/mol.